The zero-order chi connectivity index (χ0) is 21.9. The first-order chi connectivity index (χ1) is 15.2. The van der Waals surface area contributed by atoms with E-state index in [4.69, 9.17) is 4.74 Å². The highest BCUT2D eigenvalue weighted by Crippen LogP contribution is 2.19. The van der Waals surface area contributed by atoms with E-state index in [0.29, 0.717) is 18.7 Å². The van der Waals surface area contributed by atoms with Gasteiger partial charge in [-0.2, -0.15) is 0 Å². The largest absolute Gasteiger partial charge is 0.494 e. The number of nitrogens with one attached hydrogen (secondary N) is 2. The lowest BCUT2D eigenvalue weighted by Gasteiger charge is -2.12. The quantitative estimate of drug-likeness (QED) is 0.360. The van der Waals surface area contributed by atoms with Crippen LogP contribution in [0.25, 0.3) is 6.08 Å². The lowest BCUT2D eigenvalue weighted by Crippen LogP contribution is -2.35. The van der Waals surface area contributed by atoms with E-state index in [1.165, 1.54) is 11.3 Å². The summed E-state index contributed by atoms with van der Waals surface area (Å²) in [5.74, 6) is 0.254. The van der Waals surface area contributed by atoms with E-state index in [1.54, 1.807) is 30.3 Å². The van der Waals surface area contributed by atoms with Gasteiger partial charge in [-0.05, 0) is 61.1 Å². The Labute approximate surface area is 186 Å². The molecule has 2 amide bonds. The Bertz CT molecular complexity index is 1010. The van der Waals surface area contributed by atoms with E-state index in [-0.39, 0.29) is 17.5 Å². The van der Waals surface area contributed by atoms with Gasteiger partial charge in [-0.25, -0.2) is 0 Å². The smallest absolute Gasteiger partial charge is 0.267 e. The second-order valence-electron chi connectivity index (χ2n) is 6.79. The maximum Gasteiger partial charge on any atom is 0.267 e. The number of aryl methyl sites for hydroxylation is 1. The summed E-state index contributed by atoms with van der Waals surface area (Å²) in [5.41, 5.74) is 1.84. The van der Waals surface area contributed by atoms with Crippen LogP contribution in [0.5, 0.6) is 5.75 Å². The van der Waals surface area contributed by atoms with Gasteiger partial charge in [-0.3, -0.25) is 9.59 Å². The molecule has 3 rings (SSSR count). The van der Waals surface area contributed by atoms with Crippen LogP contribution >= 0.6 is 11.3 Å². The van der Waals surface area contributed by atoms with Gasteiger partial charge < -0.3 is 15.4 Å². The lowest BCUT2D eigenvalue weighted by atomic mass is 10.1. The fourth-order valence-electron chi connectivity index (χ4n) is 3.04. The molecule has 0 aliphatic rings. The summed E-state index contributed by atoms with van der Waals surface area (Å²) >= 11 is 1.50. The van der Waals surface area contributed by atoms with E-state index < -0.39 is 0 Å². The summed E-state index contributed by atoms with van der Waals surface area (Å²) in [4.78, 5) is 26.3. The van der Waals surface area contributed by atoms with Crippen LogP contribution in [0.2, 0.25) is 0 Å². The van der Waals surface area contributed by atoms with Crippen LogP contribution in [0.1, 0.15) is 34.1 Å². The van der Waals surface area contributed by atoms with E-state index >= 15 is 0 Å². The molecule has 0 unspecified atom stereocenters. The van der Waals surface area contributed by atoms with Crippen LogP contribution in [-0.4, -0.2) is 25.0 Å². The van der Waals surface area contributed by atoms with Crippen molar-refractivity contribution in [3.63, 3.8) is 0 Å². The number of hydrogen-bond donors (Lipinski definition) is 2. The number of ether oxygens (including phenoxy) is 1. The average Bonchev–Trinajstić information content (AvgIpc) is 3.31. The van der Waals surface area contributed by atoms with E-state index in [9.17, 15) is 9.59 Å². The molecule has 6 heteroatoms. The number of rotatable bonds is 10. The minimum absolute atomic E-state index is 0.228. The van der Waals surface area contributed by atoms with Crippen LogP contribution in [-0.2, 0) is 11.2 Å². The van der Waals surface area contributed by atoms with Gasteiger partial charge in [-0.1, -0.05) is 42.5 Å². The monoisotopic (exact) mass is 434 g/mol. The predicted octanol–water partition coefficient (Wildman–Crippen LogP) is 4.67. The molecule has 0 spiro atoms. The van der Waals surface area contributed by atoms with Crippen LogP contribution in [0, 0.1) is 0 Å². The zero-order valence-electron chi connectivity index (χ0n) is 17.5. The molecule has 1 aromatic heterocycles. The Morgan fingerprint density at radius 1 is 1.00 bits per heavy atom. The van der Waals surface area contributed by atoms with E-state index in [0.717, 1.165) is 29.0 Å². The molecule has 0 aliphatic carbocycles. The first-order valence-electron chi connectivity index (χ1n) is 10.3. The summed E-state index contributed by atoms with van der Waals surface area (Å²) in [6.45, 7) is 3.07. The molecule has 0 saturated heterocycles. The molecule has 3 aromatic rings. The van der Waals surface area contributed by atoms with Gasteiger partial charge in [0, 0.05) is 17.0 Å². The van der Waals surface area contributed by atoms with E-state index in [1.807, 2.05) is 54.8 Å². The molecule has 2 aromatic carbocycles. The number of hydrogen-bond acceptors (Lipinski definition) is 4. The molecular weight excluding hydrogens is 408 g/mol. The maximum atomic E-state index is 12.8. The summed E-state index contributed by atoms with van der Waals surface area (Å²) in [7, 11) is 0. The second kappa shape index (κ2) is 11.7. The van der Waals surface area contributed by atoms with Gasteiger partial charge in [-0.15, -0.1) is 11.3 Å². The van der Waals surface area contributed by atoms with Gasteiger partial charge in [0.1, 0.15) is 11.4 Å². The van der Waals surface area contributed by atoms with Gasteiger partial charge in [0.2, 0.25) is 0 Å². The number of benzene rings is 2. The van der Waals surface area contributed by atoms with Gasteiger partial charge in [0.15, 0.2) is 0 Å². The molecule has 31 heavy (non-hydrogen) atoms. The highest BCUT2D eigenvalue weighted by Gasteiger charge is 2.14. The molecular formula is C25H26N2O3S. The number of amides is 2. The van der Waals surface area contributed by atoms with Crippen LogP contribution < -0.4 is 15.4 Å². The number of carbonyl (C=O) groups is 2. The van der Waals surface area contributed by atoms with Crippen molar-refractivity contribution in [3.05, 3.63) is 93.8 Å². The van der Waals surface area contributed by atoms with Crippen molar-refractivity contribution in [2.45, 2.75) is 19.8 Å². The topological polar surface area (TPSA) is 67.4 Å². The Balaban J connectivity index is 1.61. The van der Waals surface area contributed by atoms with Crippen molar-refractivity contribution in [2.24, 2.45) is 0 Å². The van der Waals surface area contributed by atoms with Crippen molar-refractivity contribution in [2.75, 3.05) is 13.2 Å². The second-order valence-corrected chi connectivity index (χ2v) is 7.77. The number of thiophene rings is 1. The summed E-state index contributed by atoms with van der Waals surface area (Å²) in [6, 6.07) is 20.6. The SMILES string of the molecule is CCOc1ccccc1CCCNC(=O)/C(=C/c1cccs1)NC(=O)c1ccccc1. The molecule has 0 fully saturated rings. The van der Waals surface area contributed by atoms with Crippen molar-refractivity contribution in [1.82, 2.24) is 10.6 Å². The average molecular weight is 435 g/mol. The van der Waals surface area contributed by atoms with Gasteiger partial charge >= 0.3 is 0 Å². The van der Waals surface area contributed by atoms with Crippen LogP contribution in [0.4, 0.5) is 0 Å². The minimum Gasteiger partial charge on any atom is -0.494 e. The van der Waals surface area contributed by atoms with Crippen LogP contribution in [0.15, 0.2) is 77.8 Å². The van der Waals surface area contributed by atoms with Crippen molar-refractivity contribution in [3.8, 4) is 5.75 Å². The Kier molecular flexibility index (Phi) is 8.43. The van der Waals surface area contributed by atoms with Gasteiger partial charge in [0.25, 0.3) is 11.8 Å². The number of para-hydroxylation sites is 1. The summed E-state index contributed by atoms with van der Waals surface area (Å²) in [6.07, 6.45) is 3.25. The zero-order valence-corrected chi connectivity index (χ0v) is 18.3. The predicted molar refractivity (Wildman–Crippen MR) is 125 cm³/mol. The number of carbonyl (C=O) groups excluding carboxylic acids is 2. The Morgan fingerprint density at radius 2 is 1.77 bits per heavy atom. The van der Waals surface area contributed by atoms with Crippen molar-refractivity contribution >= 4 is 29.2 Å². The molecule has 5 nitrogen and oxygen atoms in total. The first kappa shape index (κ1) is 22.3. The highest BCUT2D eigenvalue weighted by atomic mass is 32.1. The third kappa shape index (κ3) is 6.83. The minimum atomic E-state index is -0.316. The third-order valence-electron chi connectivity index (χ3n) is 4.54. The normalized spacial score (nSPS) is 11.1. The molecule has 1 heterocycles. The first-order valence-corrected chi connectivity index (χ1v) is 11.2. The molecule has 2 N–H and O–H groups in total. The molecule has 0 bridgehead atoms. The lowest BCUT2D eigenvalue weighted by molar-refractivity contribution is -0.117. The fourth-order valence-corrected chi connectivity index (χ4v) is 3.70. The molecule has 0 aliphatic heterocycles. The summed E-state index contributed by atoms with van der Waals surface area (Å²) < 4.78 is 5.66. The van der Waals surface area contributed by atoms with Crippen molar-refractivity contribution in [1.29, 1.82) is 0 Å². The Morgan fingerprint density at radius 3 is 2.52 bits per heavy atom. The summed E-state index contributed by atoms with van der Waals surface area (Å²) in [5, 5.41) is 7.59. The van der Waals surface area contributed by atoms with Gasteiger partial charge in [0.05, 0.1) is 6.61 Å². The Hall–Kier alpha value is -3.38. The molecule has 0 saturated carbocycles. The molecule has 0 radical (unpaired) electrons. The van der Waals surface area contributed by atoms with Crippen LogP contribution in [0.3, 0.4) is 0 Å². The third-order valence-corrected chi connectivity index (χ3v) is 5.36. The van der Waals surface area contributed by atoms with E-state index in [2.05, 4.69) is 10.6 Å². The molecule has 0 atom stereocenters. The standard InChI is InChI=1S/C25H26N2O3S/c1-2-30-23-15-7-6-10-19(23)13-8-16-26-25(29)22(18-21-14-9-17-31-21)27-24(28)20-11-4-3-5-12-20/h3-7,9-12,14-15,17-18H,2,8,13,16H2,1H3,(H,26,29)(H,27,28)/b22-18-. The van der Waals surface area contributed by atoms with Crippen molar-refractivity contribution < 1.29 is 14.3 Å². The highest BCUT2D eigenvalue weighted by molar-refractivity contribution is 7.10. The molecule has 160 valence electrons. The maximum absolute atomic E-state index is 12.8. The fraction of sp³-hybridized carbons (Fsp3) is 0.200.